The lowest BCUT2D eigenvalue weighted by Gasteiger charge is -2.05. The third kappa shape index (κ3) is 4.32. The van der Waals surface area contributed by atoms with Crippen LogP contribution >= 0.6 is 0 Å². The van der Waals surface area contributed by atoms with Crippen molar-refractivity contribution in [3.8, 4) is 0 Å². The van der Waals surface area contributed by atoms with Gasteiger partial charge < -0.3 is 11.2 Å². The van der Waals surface area contributed by atoms with E-state index in [1.807, 2.05) is 0 Å². The number of hydrogen-bond donors (Lipinski definition) is 4. The second kappa shape index (κ2) is 6.21. The lowest BCUT2D eigenvalue weighted by Crippen LogP contribution is -2.36. The van der Waals surface area contributed by atoms with E-state index >= 15 is 0 Å². The maximum Gasteiger partial charge on any atom is 0.0495 e. The van der Waals surface area contributed by atoms with Gasteiger partial charge >= 0.3 is 0 Å². The van der Waals surface area contributed by atoms with Gasteiger partial charge in [0.2, 0.25) is 0 Å². The summed E-state index contributed by atoms with van der Waals surface area (Å²) in [6.07, 6.45) is 6.64. The summed E-state index contributed by atoms with van der Waals surface area (Å²) in [5.41, 5.74) is 11.3. The van der Waals surface area contributed by atoms with E-state index in [1.165, 1.54) is 6.20 Å². The Bertz CT molecular complexity index is 215. The van der Waals surface area contributed by atoms with Gasteiger partial charge in [0.1, 0.15) is 0 Å². The van der Waals surface area contributed by atoms with Crippen molar-refractivity contribution in [2.75, 3.05) is 0 Å². The van der Waals surface area contributed by atoms with Crippen molar-refractivity contribution in [3.05, 3.63) is 48.9 Å². The van der Waals surface area contributed by atoms with Crippen LogP contribution in [0.3, 0.4) is 0 Å². The highest BCUT2D eigenvalue weighted by Gasteiger charge is 1.91. The molecular formula is C8H14N4. The molecule has 6 N–H and O–H groups in total. The summed E-state index contributed by atoms with van der Waals surface area (Å²) >= 11 is 0. The van der Waals surface area contributed by atoms with E-state index in [9.17, 15) is 0 Å². The van der Waals surface area contributed by atoms with Crippen LogP contribution in [0.5, 0.6) is 0 Å². The highest BCUT2D eigenvalue weighted by Crippen LogP contribution is 2.01. The number of allylic oxidation sites excluding steroid dienone is 3. The minimum absolute atomic E-state index is 0.610. The van der Waals surface area contributed by atoms with Crippen molar-refractivity contribution >= 4 is 0 Å². The summed E-state index contributed by atoms with van der Waals surface area (Å²) in [6.45, 7) is 7.39. The molecule has 0 atom stereocenters. The zero-order chi connectivity index (χ0) is 9.40. The second-order valence-corrected chi connectivity index (χ2v) is 2.02. The van der Waals surface area contributed by atoms with Crippen molar-refractivity contribution in [1.82, 2.24) is 11.0 Å². The number of hydrazine groups is 2. The molecule has 4 nitrogen and oxygen atoms in total. The number of nitrogens with two attached hydrogens (primary N) is 2. The first-order chi connectivity index (χ1) is 5.72. The van der Waals surface area contributed by atoms with Crippen LogP contribution in [0.4, 0.5) is 0 Å². The summed E-state index contributed by atoms with van der Waals surface area (Å²) in [7, 11) is 0. The van der Waals surface area contributed by atoms with Crippen LogP contribution in [0.2, 0.25) is 0 Å². The maximum absolute atomic E-state index is 5.12. The summed E-state index contributed by atoms with van der Waals surface area (Å²) in [6, 6.07) is 0. The Balaban J connectivity index is 3.95. The lowest BCUT2D eigenvalue weighted by molar-refractivity contribution is 0.641. The highest BCUT2D eigenvalue weighted by molar-refractivity contribution is 5.34. The first kappa shape index (κ1) is 10.5. The molecule has 0 amide bonds. The van der Waals surface area contributed by atoms with E-state index in [1.54, 1.807) is 18.2 Å². The SMILES string of the molecule is C=C(/C=C\C=C/N)C(=C)NNN. The molecule has 0 saturated carbocycles. The number of hydrogen-bond acceptors (Lipinski definition) is 4. The van der Waals surface area contributed by atoms with Crippen molar-refractivity contribution in [1.29, 1.82) is 0 Å². The van der Waals surface area contributed by atoms with Crippen LogP contribution in [0.1, 0.15) is 0 Å². The molecule has 0 bridgehead atoms. The summed E-state index contributed by atoms with van der Waals surface area (Å²) in [5, 5.41) is 0. The minimum atomic E-state index is 0.610. The Labute approximate surface area is 72.3 Å². The first-order valence-electron chi connectivity index (χ1n) is 3.37. The number of rotatable bonds is 5. The average molecular weight is 166 g/mol. The molecule has 0 saturated heterocycles. The zero-order valence-electron chi connectivity index (χ0n) is 6.88. The Morgan fingerprint density at radius 3 is 2.42 bits per heavy atom. The summed E-state index contributed by atoms with van der Waals surface area (Å²) < 4.78 is 0. The smallest absolute Gasteiger partial charge is 0.0495 e. The lowest BCUT2D eigenvalue weighted by atomic mass is 10.2. The monoisotopic (exact) mass is 166 g/mol. The topological polar surface area (TPSA) is 76.1 Å². The predicted octanol–water partition coefficient (Wildman–Crippen LogP) is 0.0528. The van der Waals surface area contributed by atoms with Gasteiger partial charge in [-0.25, -0.2) is 0 Å². The Hall–Kier alpha value is -1.52. The van der Waals surface area contributed by atoms with Crippen LogP contribution in [0, 0.1) is 0 Å². The van der Waals surface area contributed by atoms with Gasteiger partial charge in [-0.1, -0.05) is 25.3 Å². The number of nitrogens with one attached hydrogen (secondary N) is 2. The molecule has 0 aliphatic rings. The van der Waals surface area contributed by atoms with Gasteiger partial charge in [0.25, 0.3) is 0 Å². The Morgan fingerprint density at radius 1 is 1.25 bits per heavy atom. The molecule has 0 spiro atoms. The molecule has 0 heterocycles. The van der Waals surface area contributed by atoms with E-state index in [0.29, 0.717) is 5.70 Å². The van der Waals surface area contributed by atoms with Gasteiger partial charge in [0.05, 0.1) is 0 Å². The average Bonchev–Trinajstić information content (AvgIpc) is 2.05. The fourth-order valence-electron chi connectivity index (χ4n) is 0.504. The van der Waals surface area contributed by atoms with Gasteiger partial charge in [-0.3, -0.25) is 5.84 Å². The minimum Gasteiger partial charge on any atom is -0.405 e. The van der Waals surface area contributed by atoms with E-state index < -0.39 is 0 Å². The van der Waals surface area contributed by atoms with Crippen LogP contribution < -0.4 is 22.5 Å². The van der Waals surface area contributed by atoms with Gasteiger partial charge in [-0.05, 0) is 17.8 Å². The molecule has 0 aromatic rings. The molecule has 12 heavy (non-hydrogen) atoms. The van der Waals surface area contributed by atoms with E-state index in [0.717, 1.165) is 5.57 Å². The molecule has 66 valence electrons. The summed E-state index contributed by atoms with van der Waals surface area (Å²) in [5.74, 6) is 5.00. The molecule has 4 heteroatoms. The molecule has 0 aliphatic heterocycles. The highest BCUT2D eigenvalue weighted by atomic mass is 15.5. The third-order valence-electron chi connectivity index (χ3n) is 1.13. The first-order valence-corrected chi connectivity index (χ1v) is 3.37. The van der Waals surface area contributed by atoms with Crippen LogP contribution in [0.25, 0.3) is 0 Å². The predicted molar refractivity (Wildman–Crippen MR) is 51.2 cm³/mol. The van der Waals surface area contributed by atoms with E-state index in [4.69, 9.17) is 11.6 Å². The zero-order valence-corrected chi connectivity index (χ0v) is 6.88. The van der Waals surface area contributed by atoms with Crippen molar-refractivity contribution in [3.63, 3.8) is 0 Å². The molecule has 0 aromatic carbocycles. The molecule has 0 aromatic heterocycles. The van der Waals surface area contributed by atoms with Gasteiger partial charge in [-0.15, -0.1) is 0 Å². The maximum atomic E-state index is 5.12. The van der Waals surface area contributed by atoms with Crippen molar-refractivity contribution < 1.29 is 0 Å². The molecule has 0 fully saturated rings. The van der Waals surface area contributed by atoms with Gasteiger partial charge in [0.15, 0.2) is 0 Å². The van der Waals surface area contributed by atoms with Crippen LogP contribution in [-0.4, -0.2) is 0 Å². The van der Waals surface area contributed by atoms with Gasteiger partial charge in [0, 0.05) is 5.70 Å². The Morgan fingerprint density at radius 2 is 1.92 bits per heavy atom. The molecule has 0 radical (unpaired) electrons. The van der Waals surface area contributed by atoms with Crippen LogP contribution in [-0.2, 0) is 0 Å². The van der Waals surface area contributed by atoms with Gasteiger partial charge in [-0.2, -0.15) is 5.53 Å². The molecule has 0 rings (SSSR count). The largest absolute Gasteiger partial charge is 0.405 e. The van der Waals surface area contributed by atoms with E-state index in [-0.39, 0.29) is 0 Å². The summed E-state index contributed by atoms with van der Waals surface area (Å²) in [4.78, 5) is 0. The Kier molecular flexibility index (Phi) is 5.42. The molecule has 0 aliphatic carbocycles. The molecule has 0 unspecified atom stereocenters. The van der Waals surface area contributed by atoms with E-state index in [2.05, 4.69) is 24.1 Å². The third-order valence-corrected chi connectivity index (χ3v) is 1.13. The van der Waals surface area contributed by atoms with Crippen LogP contribution in [0.15, 0.2) is 48.9 Å². The fourth-order valence-corrected chi connectivity index (χ4v) is 0.504. The van der Waals surface area contributed by atoms with Crippen molar-refractivity contribution in [2.45, 2.75) is 0 Å². The standard InChI is InChI=1S/C8H14N4/c1-7(5-3-4-6-9)8(2)11-12-10/h3-6,11-12H,1-2,9-10H2/b5-3-,6-4-. The normalized spacial score (nSPS) is 10.8. The second-order valence-electron chi connectivity index (χ2n) is 2.02. The molecular weight excluding hydrogens is 152 g/mol. The fraction of sp³-hybridized carbons (Fsp3) is 0. The van der Waals surface area contributed by atoms with Crippen molar-refractivity contribution in [2.24, 2.45) is 11.6 Å². The quantitative estimate of drug-likeness (QED) is 0.264.